The molecule has 0 aliphatic heterocycles. The molecule has 1 amide bonds. The number of halogens is 1. The van der Waals surface area contributed by atoms with Crippen LogP contribution in [0.4, 0.5) is 15.8 Å². The summed E-state index contributed by atoms with van der Waals surface area (Å²) in [6, 6.07) is 15.8. The Hall–Kier alpha value is -4.05. The number of hydrogen-bond acceptors (Lipinski definition) is 5. The smallest absolute Gasteiger partial charge is 0.261 e. The van der Waals surface area contributed by atoms with Crippen molar-refractivity contribution >= 4 is 27.3 Å². The van der Waals surface area contributed by atoms with Crippen LogP contribution in [0.15, 0.2) is 77.8 Å². The standard InChI is InChI=1S/C23H20FN5O3S/c1-15-13-16(2)29(27-15)22-12-9-20(14-25-22)26-23(30)17-3-7-19(8-4-17)28-33(31,32)21-10-5-18(24)6-11-21/h3-14,28H,1-2H3,(H,26,30). The fraction of sp³-hybridized carbons (Fsp3) is 0.0870. The SMILES string of the molecule is Cc1cc(C)n(-c2ccc(NC(=O)c3ccc(NS(=O)(=O)c4ccc(F)cc4)cc3)cn2)n1. The van der Waals surface area contributed by atoms with Crippen molar-refractivity contribution in [1.82, 2.24) is 14.8 Å². The molecule has 0 saturated carbocycles. The number of rotatable bonds is 6. The zero-order chi connectivity index (χ0) is 23.6. The molecule has 33 heavy (non-hydrogen) atoms. The Morgan fingerprint density at radius 3 is 2.18 bits per heavy atom. The topological polar surface area (TPSA) is 106 Å². The maximum atomic E-state index is 13.0. The van der Waals surface area contributed by atoms with Crippen LogP contribution in [0.1, 0.15) is 21.7 Å². The zero-order valence-corrected chi connectivity index (χ0v) is 18.6. The number of carbonyl (C=O) groups excluding carboxylic acids is 1. The molecule has 2 N–H and O–H groups in total. The second kappa shape index (κ2) is 8.83. The van der Waals surface area contributed by atoms with Gasteiger partial charge in [0.25, 0.3) is 15.9 Å². The highest BCUT2D eigenvalue weighted by molar-refractivity contribution is 7.92. The molecular weight excluding hydrogens is 445 g/mol. The minimum atomic E-state index is -3.87. The molecule has 2 aromatic heterocycles. The summed E-state index contributed by atoms with van der Waals surface area (Å²) in [5.74, 6) is -0.263. The summed E-state index contributed by atoms with van der Waals surface area (Å²) >= 11 is 0. The van der Waals surface area contributed by atoms with E-state index >= 15 is 0 Å². The fourth-order valence-electron chi connectivity index (χ4n) is 3.17. The molecule has 0 aliphatic carbocycles. The summed E-state index contributed by atoms with van der Waals surface area (Å²) in [7, 11) is -3.87. The van der Waals surface area contributed by atoms with Crippen molar-refractivity contribution in [3.63, 3.8) is 0 Å². The van der Waals surface area contributed by atoms with E-state index in [9.17, 15) is 17.6 Å². The van der Waals surface area contributed by atoms with Gasteiger partial charge in [-0.1, -0.05) is 0 Å². The number of nitrogens with zero attached hydrogens (tertiary/aromatic N) is 3. The van der Waals surface area contributed by atoms with E-state index in [-0.39, 0.29) is 16.5 Å². The lowest BCUT2D eigenvalue weighted by atomic mass is 10.2. The van der Waals surface area contributed by atoms with Gasteiger partial charge < -0.3 is 5.32 Å². The molecule has 0 atom stereocenters. The van der Waals surface area contributed by atoms with E-state index in [0.29, 0.717) is 17.1 Å². The first-order valence-corrected chi connectivity index (χ1v) is 11.4. The van der Waals surface area contributed by atoms with Crippen LogP contribution >= 0.6 is 0 Å². The number of hydrogen-bond donors (Lipinski definition) is 2. The molecule has 0 aliphatic rings. The number of amides is 1. The third-order valence-electron chi connectivity index (χ3n) is 4.76. The van der Waals surface area contributed by atoms with Gasteiger partial charge in [0.2, 0.25) is 0 Å². The van der Waals surface area contributed by atoms with Gasteiger partial charge in [-0.15, -0.1) is 0 Å². The maximum Gasteiger partial charge on any atom is 0.261 e. The number of benzene rings is 2. The molecule has 0 bridgehead atoms. The summed E-state index contributed by atoms with van der Waals surface area (Å²) in [5, 5.41) is 7.13. The highest BCUT2D eigenvalue weighted by Gasteiger charge is 2.15. The average molecular weight is 466 g/mol. The number of nitrogens with one attached hydrogen (secondary N) is 2. The zero-order valence-electron chi connectivity index (χ0n) is 17.8. The van der Waals surface area contributed by atoms with E-state index in [2.05, 4.69) is 20.1 Å². The van der Waals surface area contributed by atoms with Gasteiger partial charge in [-0.2, -0.15) is 5.10 Å². The first kappa shape index (κ1) is 22.2. The van der Waals surface area contributed by atoms with Gasteiger partial charge >= 0.3 is 0 Å². The van der Waals surface area contributed by atoms with Gasteiger partial charge in [-0.3, -0.25) is 9.52 Å². The predicted octanol–water partition coefficient (Wildman–Crippen LogP) is 4.08. The van der Waals surface area contributed by atoms with Crippen LogP contribution in [0.3, 0.4) is 0 Å². The molecule has 168 valence electrons. The quantitative estimate of drug-likeness (QED) is 0.446. The van der Waals surface area contributed by atoms with Crippen LogP contribution in [0, 0.1) is 19.7 Å². The number of anilines is 2. The fourth-order valence-corrected chi connectivity index (χ4v) is 4.23. The van der Waals surface area contributed by atoms with Crippen LogP contribution in [-0.4, -0.2) is 29.1 Å². The lowest BCUT2D eigenvalue weighted by molar-refractivity contribution is 0.102. The van der Waals surface area contributed by atoms with Crippen LogP contribution in [0.5, 0.6) is 0 Å². The van der Waals surface area contributed by atoms with Gasteiger partial charge in [0.05, 0.1) is 22.5 Å². The first-order chi connectivity index (χ1) is 15.7. The molecule has 4 aromatic rings. The highest BCUT2D eigenvalue weighted by atomic mass is 32.2. The Labute approximate surface area is 190 Å². The Bertz CT molecular complexity index is 1400. The molecule has 10 heteroatoms. The summed E-state index contributed by atoms with van der Waals surface area (Å²) < 4.78 is 41.9. The summed E-state index contributed by atoms with van der Waals surface area (Å²) in [6.45, 7) is 3.83. The third-order valence-corrected chi connectivity index (χ3v) is 6.15. The number of aromatic nitrogens is 3. The Morgan fingerprint density at radius 2 is 1.61 bits per heavy atom. The molecule has 2 heterocycles. The minimum Gasteiger partial charge on any atom is -0.321 e. The van der Waals surface area contributed by atoms with Crippen molar-refractivity contribution < 1.29 is 17.6 Å². The van der Waals surface area contributed by atoms with Crippen LogP contribution < -0.4 is 10.0 Å². The van der Waals surface area contributed by atoms with Crippen LogP contribution in [-0.2, 0) is 10.0 Å². The van der Waals surface area contributed by atoms with Crippen molar-refractivity contribution in [2.75, 3.05) is 10.0 Å². The van der Waals surface area contributed by atoms with Gasteiger partial charge in [-0.25, -0.2) is 22.5 Å². The summed E-state index contributed by atoms with van der Waals surface area (Å²) in [6.07, 6.45) is 1.54. The van der Waals surface area contributed by atoms with Crippen molar-refractivity contribution in [2.45, 2.75) is 18.7 Å². The number of sulfonamides is 1. The van der Waals surface area contributed by atoms with Gasteiger partial charge in [0, 0.05) is 16.9 Å². The van der Waals surface area contributed by atoms with Gasteiger partial charge in [0.1, 0.15) is 5.82 Å². The molecule has 0 fully saturated rings. The van der Waals surface area contributed by atoms with Gasteiger partial charge in [0.15, 0.2) is 5.82 Å². The van der Waals surface area contributed by atoms with Crippen LogP contribution in [0.2, 0.25) is 0 Å². The monoisotopic (exact) mass is 465 g/mol. The summed E-state index contributed by atoms with van der Waals surface area (Å²) in [5.41, 5.74) is 2.95. The lowest BCUT2D eigenvalue weighted by Gasteiger charge is -2.10. The predicted molar refractivity (Wildman–Crippen MR) is 122 cm³/mol. The second-order valence-electron chi connectivity index (χ2n) is 7.33. The summed E-state index contributed by atoms with van der Waals surface area (Å²) in [4.78, 5) is 16.8. The molecule has 0 radical (unpaired) electrons. The van der Waals surface area contributed by atoms with Gasteiger partial charge in [-0.05, 0) is 80.6 Å². The van der Waals surface area contributed by atoms with E-state index in [4.69, 9.17) is 0 Å². The van der Waals surface area contributed by atoms with Crippen LogP contribution in [0.25, 0.3) is 5.82 Å². The number of carbonyl (C=O) groups is 1. The molecule has 4 rings (SSSR count). The van der Waals surface area contributed by atoms with E-state index in [1.165, 1.54) is 42.6 Å². The molecule has 0 unspecified atom stereocenters. The average Bonchev–Trinajstić information content (AvgIpc) is 3.12. The van der Waals surface area contributed by atoms with E-state index in [1.807, 2.05) is 19.9 Å². The van der Waals surface area contributed by atoms with E-state index < -0.39 is 15.8 Å². The Morgan fingerprint density at radius 1 is 0.939 bits per heavy atom. The molecular formula is C23H20FN5O3S. The van der Waals surface area contributed by atoms with E-state index in [0.717, 1.165) is 23.5 Å². The third kappa shape index (κ3) is 5.07. The van der Waals surface area contributed by atoms with Crippen molar-refractivity contribution in [1.29, 1.82) is 0 Å². The maximum absolute atomic E-state index is 13.0. The Balaban J connectivity index is 1.42. The second-order valence-corrected chi connectivity index (χ2v) is 9.02. The Kier molecular flexibility index (Phi) is 5.93. The molecule has 0 saturated heterocycles. The van der Waals surface area contributed by atoms with Crippen molar-refractivity contribution in [3.05, 3.63) is 95.7 Å². The first-order valence-electron chi connectivity index (χ1n) is 9.91. The largest absolute Gasteiger partial charge is 0.321 e. The van der Waals surface area contributed by atoms with Crippen molar-refractivity contribution in [3.8, 4) is 5.82 Å². The van der Waals surface area contributed by atoms with E-state index in [1.54, 1.807) is 16.8 Å². The van der Waals surface area contributed by atoms with Crippen molar-refractivity contribution in [2.24, 2.45) is 0 Å². The number of pyridine rings is 1. The molecule has 8 nitrogen and oxygen atoms in total. The lowest BCUT2D eigenvalue weighted by Crippen LogP contribution is -2.14. The normalized spacial score (nSPS) is 11.2. The molecule has 2 aromatic carbocycles. The number of aryl methyl sites for hydroxylation is 2. The minimum absolute atomic E-state index is 0.0675. The highest BCUT2D eigenvalue weighted by Crippen LogP contribution is 2.18. The molecule has 0 spiro atoms.